The van der Waals surface area contributed by atoms with Crippen molar-refractivity contribution in [2.75, 3.05) is 25.1 Å². The van der Waals surface area contributed by atoms with Gasteiger partial charge in [0.2, 0.25) is 0 Å². The first-order valence-electron chi connectivity index (χ1n) is 8.66. The molecule has 6 nitrogen and oxygen atoms in total. The number of aromatic nitrogens is 1. The molecule has 1 saturated heterocycles. The van der Waals surface area contributed by atoms with E-state index < -0.39 is 11.7 Å². The van der Waals surface area contributed by atoms with Gasteiger partial charge in [-0.2, -0.15) is 13.2 Å². The Hall–Kier alpha value is -1.63. The molecule has 10 heteroatoms. The zero-order valence-corrected chi connectivity index (χ0v) is 17.0. The first-order chi connectivity index (χ1) is 13.4. The van der Waals surface area contributed by atoms with Gasteiger partial charge in [0.15, 0.2) is 6.73 Å². The highest BCUT2D eigenvalue weighted by atomic mass is 127. The van der Waals surface area contributed by atoms with Gasteiger partial charge in [0.25, 0.3) is 0 Å². The van der Waals surface area contributed by atoms with Gasteiger partial charge in [0, 0.05) is 48.2 Å². The van der Waals surface area contributed by atoms with Crippen molar-refractivity contribution in [3.05, 3.63) is 53.7 Å². The van der Waals surface area contributed by atoms with Crippen LogP contribution in [0.4, 0.5) is 19.0 Å². The quantitative estimate of drug-likeness (QED) is 0.338. The van der Waals surface area contributed by atoms with Crippen LogP contribution >= 0.6 is 22.9 Å². The third kappa shape index (κ3) is 5.46. The fourth-order valence-electron chi connectivity index (χ4n) is 2.90. The topological polar surface area (TPSA) is 60.9 Å². The highest BCUT2D eigenvalue weighted by Gasteiger charge is 2.35. The molecule has 1 atom stereocenters. The summed E-state index contributed by atoms with van der Waals surface area (Å²) in [6, 6.07) is 9.31. The van der Waals surface area contributed by atoms with Gasteiger partial charge in [0.05, 0.1) is 12.2 Å². The van der Waals surface area contributed by atoms with Gasteiger partial charge in [0.1, 0.15) is 11.6 Å². The van der Waals surface area contributed by atoms with Gasteiger partial charge in [-0.25, -0.2) is 9.99 Å². The molecule has 1 aliphatic rings. The van der Waals surface area contributed by atoms with E-state index in [9.17, 15) is 13.2 Å². The molecule has 0 radical (unpaired) electrons. The maximum absolute atomic E-state index is 13.1. The third-order valence-electron chi connectivity index (χ3n) is 4.37. The van der Waals surface area contributed by atoms with Crippen molar-refractivity contribution in [2.24, 2.45) is 0 Å². The molecule has 0 aliphatic carbocycles. The molecule has 1 aromatic heterocycles. The molecule has 152 valence electrons. The monoisotopic (exact) mass is 508 g/mol. The number of benzene rings is 1. The zero-order chi connectivity index (χ0) is 20.1. The summed E-state index contributed by atoms with van der Waals surface area (Å²) < 4.78 is 46.9. The van der Waals surface area contributed by atoms with Crippen molar-refractivity contribution in [3.63, 3.8) is 0 Å². The van der Waals surface area contributed by atoms with Crippen molar-refractivity contribution < 1.29 is 23.0 Å². The third-order valence-corrected chi connectivity index (χ3v) is 5.26. The summed E-state index contributed by atoms with van der Waals surface area (Å²) in [6.07, 6.45) is -2.40. The number of nitrogens with one attached hydrogen (secondary N) is 1. The Labute approximate surface area is 174 Å². The number of aliphatic hydroxyl groups excluding tert-OH is 1. The average Bonchev–Trinajstić information content (AvgIpc) is 3.14. The van der Waals surface area contributed by atoms with E-state index in [0.29, 0.717) is 32.0 Å². The first kappa shape index (κ1) is 21.1. The van der Waals surface area contributed by atoms with E-state index >= 15 is 0 Å². The van der Waals surface area contributed by atoms with E-state index in [-0.39, 0.29) is 18.5 Å². The van der Waals surface area contributed by atoms with Crippen LogP contribution in [0, 0.1) is 0 Å². The molecule has 3 rings (SSSR count). The fourth-order valence-corrected chi connectivity index (χ4v) is 3.43. The molecule has 1 fully saturated rings. The van der Waals surface area contributed by atoms with Gasteiger partial charge < -0.3 is 15.2 Å². The second-order valence-corrected chi connectivity index (χ2v) is 7.47. The Bertz CT molecular complexity index is 776. The van der Waals surface area contributed by atoms with Crippen LogP contribution in [0.15, 0.2) is 42.6 Å². The van der Waals surface area contributed by atoms with Gasteiger partial charge in [-0.3, -0.25) is 0 Å². The van der Waals surface area contributed by atoms with Crippen LogP contribution in [0.3, 0.4) is 0 Å². The second kappa shape index (κ2) is 9.25. The largest absolute Gasteiger partial charge is 0.476 e. The number of hydrogen-bond acceptors (Lipinski definition) is 6. The van der Waals surface area contributed by atoms with Gasteiger partial charge in [-0.1, -0.05) is 12.1 Å². The minimum Gasteiger partial charge on any atom is -0.476 e. The first-order valence-corrected chi connectivity index (χ1v) is 9.63. The van der Waals surface area contributed by atoms with Crippen molar-refractivity contribution in [1.82, 2.24) is 13.2 Å². The highest BCUT2D eigenvalue weighted by Crippen LogP contribution is 2.34. The summed E-state index contributed by atoms with van der Waals surface area (Å²) in [5, 5.41) is 14.0. The number of hydrogen-bond donors (Lipinski definition) is 2. The van der Waals surface area contributed by atoms with Crippen molar-refractivity contribution >= 4 is 28.7 Å². The van der Waals surface area contributed by atoms with E-state index in [1.165, 1.54) is 12.3 Å². The minimum atomic E-state index is -4.44. The molecule has 2 N–H and O–H groups in total. The molecule has 1 unspecified atom stereocenters. The lowest BCUT2D eigenvalue weighted by Gasteiger charge is -2.26. The average molecular weight is 508 g/mol. The Morgan fingerprint density at radius 2 is 2.04 bits per heavy atom. The number of anilines is 1. The zero-order valence-electron chi connectivity index (χ0n) is 14.9. The maximum atomic E-state index is 13.1. The molecule has 0 amide bonds. The SMILES string of the molecule is OCc1ccc(OCN(I)N2CCC(Nc3ncccc3C(F)(F)F)C2)cc1. The number of ether oxygens (including phenoxy) is 1. The van der Waals surface area contributed by atoms with E-state index in [4.69, 9.17) is 9.84 Å². The number of hydrazine groups is 1. The van der Waals surface area contributed by atoms with Crippen LogP contribution in [-0.4, -0.2) is 44.2 Å². The minimum absolute atomic E-state index is 0.0207. The standard InChI is InChI=1S/C18H20F3IN4O2/c19-18(20,21)16-2-1-8-23-17(16)24-14-7-9-25(10-14)26(22)12-28-15-5-3-13(11-27)4-6-15/h1-6,8,14,27H,7,9-12H2,(H,23,24). The van der Waals surface area contributed by atoms with Gasteiger partial charge >= 0.3 is 6.18 Å². The highest BCUT2D eigenvalue weighted by molar-refractivity contribution is 14.1. The van der Waals surface area contributed by atoms with Crippen LogP contribution in [0.5, 0.6) is 5.75 Å². The Kier molecular flexibility index (Phi) is 6.96. The second-order valence-electron chi connectivity index (χ2n) is 6.35. The van der Waals surface area contributed by atoms with Gasteiger partial charge in [-0.05, 0) is 36.2 Å². The molecular weight excluding hydrogens is 488 g/mol. The van der Waals surface area contributed by atoms with Crippen molar-refractivity contribution in [1.29, 1.82) is 0 Å². The number of aliphatic hydroxyl groups is 1. The summed E-state index contributed by atoms with van der Waals surface area (Å²) in [5.74, 6) is 0.540. The number of nitrogens with zero attached hydrogens (tertiary/aromatic N) is 3. The van der Waals surface area contributed by atoms with Crippen LogP contribution in [0.2, 0.25) is 0 Å². The molecule has 0 saturated carbocycles. The molecule has 2 aromatic rings. The van der Waals surface area contributed by atoms with E-state index in [1.807, 2.05) is 8.23 Å². The number of rotatable bonds is 7. The predicted molar refractivity (Wildman–Crippen MR) is 107 cm³/mol. The van der Waals surface area contributed by atoms with Crippen molar-refractivity contribution in [3.8, 4) is 5.75 Å². The number of pyridine rings is 1. The Balaban J connectivity index is 1.52. The molecule has 0 spiro atoms. The lowest BCUT2D eigenvalue weighted by Crippen LogP contribution is -2.37. The number of halogens is 4. The molecular formula is C18H20F3IN4O2. The predicted octanol–water partition coefficient (Wildman–Crippen LogP) is 3.68. The molecule has 28 heavy (non-hydrogen) atoms. The van der Waals surface area contributed by atoms with E-state index in [1.54, 1.807) is 24.3 Å². The van der Waals surface area contributed by atoms with Crippen molar-refractivity contribution in [2.45, 2.75) is 25.2 Å². The normalized spacial score (nSPS) is 17.9. The van der Waals surface area contributed by atoms with Gasteiger partial charge in [-0.15, -0.1) is 3.22 Å². The Morgan fingerprint density at radius 3 is 2.71 bits per heavy atom. The van der Waals surface area contributed by atoms with Crippen LogP contribution in [-0.2, 0) is 12.8 Å². The summed E-state index contributed by atoms with van der Waals surface area (Å²) >= 11 is 2.12. The summed E-state index contributed by atoms with van der Waals surface area (Å²) in [4.78, 5) is 3.86. The molecule has 1 aliphatic heterocycles. The van der Waals surface area contributed by atoms with Crippen LogP contribution in [0.25, 0.3) is 0 Å². The lowest BCUT2D eigenvalue weighted by molar-refractivity contribution is -0.137. The lowest BCUT2D eigenvalue weighted by atomic mass is 10.2. The van der Waals surface area contributed by atoms with Crippen LogP contribution in [0.1, 0.15) is 17.5 Å². The molecule has 0 bridgehead atoms. The van der Waals surface area contributed by atoms with Crippen LogP contribution < -0.4 is 10.1 Å². The molecule has 2 heterocycles. The maximum Gasteiger partial charge on any atom is 0.419 e. The fraction of sp³-hybridized carbons (Fsp3) is 0.389. The summed E-state index contributed by atoms with van der Waals surface area (Å²) in [5.41, 5.74) is 0.0503. The van der Waals surface area contributed by atoms with E-state index in [0.717, 1.165) is 11.6 Å². The summed E-state index contributed by atoms with van der Waals surface area (Å²) in [7, 11) is 0. The number of alkyl halides is 3. The summed E-state index contributed by atoms with van der Waals surface area (Å²) in [6.45, 7) is 1.52. The molecule has 1 aromatic carbocycles. The van der Waals surface area contributed by atoms with E-state index in [2.05, 4.69) is 33.2 Å². The smallest absolute Gasteiger partial charge is 0.419 e. The Morgan fingerprint density at radius 1 is 1.29 bits per heavy atom.